The normalized spacial score (nSPS) is 15.9. The molecule has 5 rings (SSSR count). The van der Waals surface area contributed by atoms with Crippen LogP contribution in [0.3, 0.4) is 0 Å². The van der Waals surface area contributed by atoms with E-state index in [1.54, 1.807) is 29.8 Å². The number of oxime groups is 1. The lowest BCUT2D eigenvalue weighted by molar-refractivity contribution is 0.0993. The fourth-order valence-corrected chi connectivity index (χ4v) is 7.36. The van der Waals surface area contributed by atoms with Crippen LogP contribution in [0.2, 0.25) is 0 Å². The third kappa shape index (κ3) is 5.70. The number of hydrogen-bond donors (Lipinski definition) is 2. The number of carbonyl (C=O) groups excluding carboxylic acids is 1. The summed E-state index contributed by atoms with van der Waals surface area (Å²) >= 11 is 3.22. The van der Waals surface area contributed by atoms with Crippen LogP contribution in [0.25, 0.3) is 0 Å². The summed E-state index contributed by atoms with van der Waals surface area (Å²) in [4.78, 5) is 14.3. The number of aromatic nitrogens is 2. The average molecular weight is 547 g/mol. The van der Waals surface area contributed by atoms with E-state index < -0.39 is 0 Å². The second-order valence-corrected chi connectivity index (χ2v) is 11.5. The van der Waals surface area contributed by atoms with Crippen LogP contribution in [0, 0.1) is 0 Å². The van der Waals surface area contributed by atoms with Gasteiger partial charge in [-0.25, -0.2) is 0 Å². The third-order valence-corrected chi connectivity index (χ3v) is 9.46. The summed E-state index contributed by atoms with van der Waals surface area (Å²) in [6.07, 6.45) is 3.07. The van der Waals surface area contributed by atoms with Gasteiger partial charge in [0.25, 0.3) is 0 Å². The minimum absolute atomic E-state index is 0.0488. The van der Waals surface area contributed by atoms with Gasteiger partial charge in [0.2, 0.25) is 0 Å². The zero-order valence-corrected chi connectivity index (χ0v) is 23.0. The van der Waals surface area contributed by atoms with Crippen LogP contribution in [-0.4, -0.2) is 40.1 Å². The molecule has 0 fully saturated rings. The molecule has 1 aliphatic carbocycles. The van der Waals surface area contributed by atoms with Crippen molar-refractivity contribution in [2.75, 3.05) is 13.7 Å². The van der Waals surface area contributed by atoms with Crippen LogP contribution in [0.4, 0.5) is 0 Å². The highest BCUT2D eigenvalue weighted by atomic mass is 32.2. The van der Waals surface area contributed by atoms with E-state index in [0.29, 0.717) is 25.1 Å². The number of ether oxygens (including phenoxy) is 1. The molecule has 0 radical (unpaired) electrons. The molecule has 0 saturated heterocycles. The SMILES string of the molecule is COc1ccc(C2C/C(=N\O)c3c(SCc4ccccc4)sc(C(=O)CNCc4ccnn4C)c3C2)cc1. The second kappa shape index (κ2) is 12.0. The highest BCUT2D eigenvalue weighted by Gasteiger charge is 2.33. The summed E-state index contributed by atoms with van der Waals surface area (Å²) in [5.74, 6) is 1.73. The van der Waals surface area contributed by atoms with Gasteiger partial charge in [0, 0.05) is 37.5 Å². The molecule has 4 aromatic rings. The number of ketones is 1. The number of nitrogens with one attached hydrogen (secondary N) is 1. The maximum absolute atomic E-state index is 13.5. The summed E-state index contributed by atoms with van der Waals surface area (Å²) < 4.78 is 8.15. The van der Waals surface area contributed by atoms with Crippen molar-refractivity contribution < 1.29 is 14.7 Å². The van der Waals surface area contributed by atoms with Gasteiger partial charge in [-0.15, -0.1) is 23.1 Å². The molecular weight excluding hydrogens is 516 g/mol. The van der Waals surface area contributed by atoms with Crippen molar-refractivity contribution in [3.05, 3.63) is 99.7 Å². The molecule has 2 aromatic heterocycles. The van der Waals surface area contributed by atoms with Crippen molar-refractivity contribution in [1.82, 2.24) is 15.1 Å². The van der Waals surface area contributed by atoms with E-state index in [-0.39, 0.29) is 18.2 Å². The number of nitrogens with zero attached hydrogens (tertiary/aromatic N) is 3. The number of benzene rings is 2. The van der Waals surface area contributed by atoms with Crippen LogP contribution in [0.5, 0.6) is 5.75 Å². The third-order valence-electron chi connectivity index (χ3n) is 6.84. The first-order valence-electron chi connectivity index (χ1n) is 12.5. The predicted octanol–water partition coefficient (Wildman–Crippen LogP) is 5.66. The van der Waals surface area contributed by atoms with Crippen LogP contribution in [-0.2, 0) is 25.8 Å². The van der Waals surface area contributed by atoms with Gasteiger partial charge in [0.15, 0.2) is 5.78 Å². The lowest BCUT2D eigenvalue weighted by atomic mass is 9.79. The Morgan fingerprint density at radius 2 is 1.97 bits per heavy atom. The zero-order valence-electron chi connectivity index (χ0n) is 21.4. The second-order valence-electron chi connectivity index (χ2n) is 9.24. The van der Waals surface area contributed by atoms with Crippen LogP contribution in [0.15, 0.2) is 76.2 Å². The van der Waals surface area contributed by atoms with Gasteiger partial charge in [-0.3, -0.25) is 9.48 Å². The summed E-state index contributed by atoms with van der Waals surface area (Å²) in [6, 6.07) is 20.2. The van der Waals surface area contributed by atoms with Gasteiger partial charge in [-0.2, -0.15) is 5.10 Å². The van der Waals surface area contributed by atoms with Crippen LogP contribution >= 0.6 is 23.1 Å². The van der Waals surface area contributed by atoms with E-state index >= 15 is 0 Å². The largest absolute Gasteiger partial charge is 0.497 e. The number of aryl methyl sites for hydroxylation is 1. The Balaban J connectivity index is 1.44. The number of thioether (sulfide) groups is 1. The summed E-state index contributed by atoms with van der Waals surface area (Å²) in [7, 11) is 3.54. The molecule has 7 nitrogen and oxygen atoms in total. The molecule has 0 saturated carbocycles. The number of methoxy groups -OCH3 is 1. The Kier molecular flexibility index (Phi) is 8.26. The van der Waals surface area contributed by atoms with Gasteiger partial charge in [0.1, 0.15) is 5.75 Å². The summed E-state index contributed by atoms with van der Waals surface area (Å²) in [5.41, 5.74) is 5.91. The minimum atomic E-state index is 0.0488. The molecular formula is C29H30N4O3S2. The molecule has 0 spiro atoms. The molecule has 9 heteroatoms. The molecule has 2 heterocycles. The quantitative estimate of drug-likeness (QED) is 0.115. The molecule has 0 bridgehead atoms. The van der Waals surface area contributed by atoms with E-state index in [9.17, 15) is 10.0 Å². The Hall–Kier alpha value is -3.40. The van der Waals surface area contributed by atoms with Crippen LogP contribution in [0.1, 0.15) is 50.0 Å². The molecule has 2 N–H and O–H groups in total. The smallest absolute Gasteiger partial charge is 0.186 e. The van der Waals surface area contributed by atoms with Gasteiger partial charge < -0.3 is 15.3 Å². The number of carbonyl (C=O) groups is 1. The average Bonchev–Trinajstić information content (AvgIpc) is 3.55. The molecule has 1 atom stereocenters. The van der Waals surface area contributed by atoms with E-state index in [4.69, 9.17) is 4.74 Å². The van der Waals surface area contributed by atoms with Gasteiger partial charge in [-0.05, 0) is 47.2 Å². The van der Waals surface area contributed by atoms with Crippen molar-refractivity contribution in [3.63, 3.8) is 0 Å². The predicted molar refractivity (Wildman–Crippen MR) is 152 cm³/mol. The first-order chi connectivity index (χ1) is 18.6. The van der Waals surface area contributed by atoms with E-state index in [1.807, 2.05) is 43.4 Å². The molecule has 1 unspecified atom stereocenters. The Morgan fingerprint density at radius 1 is 1.18 bits per heavy atom. The Morgan fingerprint density at radius 3 is 2.66 bits per heavy atom. The summed E-state index contributed by atoms with van der Waals surface area (Å²) in [6.45, 7) is 0.781. The standard InChI is InChI=1S/C29H30N4O3S2/c1-33-22(12-13-31-33)16-30-17-26(34)28-24-14-21(20-8-10-23(36-2)11-9-20)15-25(32-35)27(24)29(38-28)37-18-19-6-4-3-5-7-19/h3-13,21,30,35H,14-18H2,1-2H3/b32-25+. The fraction of sp³-hybridized carbons (Fsp3) is 0.276. The molecule has 38 heavy (non-hydrogen) atoms. The molecule has 196 valence electrons. The molecule has 1 aliphatic rings. The van der Waals surface area contributed by atoms with E-state index in [0.717, 1.165) is 43.0 Å². The number of rotatable bonds is 10. The van der Waals surface area contributed by atoms with Crippen molar-refractivity contribution in [3.8, 4) is 5.75 Å². The van der Waals surface area contributed by atoms with Gasteiger partial charge in [0.05, 0.1) is 34.1 Å². The number of fused-ring (bicyclic) bond motifs is 1. The molecule has 0 amide bonds. The highest BCUT2D eigenvalue weighted by molar-refractivity contribution is 8.00. The first-order valence-corrected chi connectivity index (χ1v) is 14.3. The topological polar surface area (TPSA) is 88.7 Å². The van der Waals surface area contributed by atoms with Gasteiger partial charge in [-0.1, -0.05) is 47.6 Å². The first kappa shape index (κ1) is 26.2. The Labute approximate surface area is 230 Å². The molecule has 2 aromatic carbocycles. The maximum atomic E-state index is 13.5. The van der Waals surface area contributed by atoms with Crippen molar-refractivity contribution in [2.24, 2.45) is 12.2 Å². The maximum Gasteiger partial charge on any atom is 0.186 e. The van der Waals surface area contributed by atoms with Crippen LogP contribution < -0.4 is 10.1 Å². The fourth-order valence-electron chi connectivity index (χ4n) is 4.79. The number of thiophene rings is 1. The number of hydrogen-bond acceptors (Lipinski definition) is 8. The van der Waals surface area contributed by atoms with E-state index in [2.05, 4.69) is 39.8 Å². The Bertz CT molecular complexity index is 1430. The zero-order chi connectivity index (χ0) is 26.5. The highest BCUT2D eigenvalue weighted by Crippen LogP contribution is 2.45. The minimum Gasteiger partial charge on any atom is -0.497 e. The molecule has 0 aliphatic heterocycles. The number of Topliss-reactive ketones (excluding diaryl/α,β-unsaturated/α-hetero) is 1. The van der Waals surface area contributed by atoms with E-state index in [1.165, 1.54) is 16.9 Å². The van der Waals surface area contributed by atoms with Crippen molar-refractivity contribution in [2.45, 2.75) is 35.3 Å². The summed E-state index contributed by atoms with van der Waals surface area (Å²) in [5, 5.41) is 21.3. The van der Waals surface area contributed by atoms with Crippen molar-refractivity contribution in [1.29, 1.82) is 0 Å². The lowest BCUT2D eigenvalue weighted by Crippen LogP contribution is -2.25. The van der Waals surface area contributed by atoms with Gasteiger partial charge >= 0.3 is 0 Å². The monoisotopic (exact) mass is 546 g/mol. The lowest BCUT2D eigenvalue weighted by Gasteiger charge is -2.25. The van der Waals surface area contributed by atoms with Crippen molar-refractivity contribution >= 4 is 34.6 Å².